The summed E-state index contributed by atoms with van der Waals surface area (Å²) in [6, 6.07) is 0. The van der Waals surface area contributed by atoms with Gasteiger partial charge in [-0.2, -0.15) is 0 Å². The maximum atomic E-state index is 12.8. The maximum absolute atomic E-state index is 12.8. The molecular weight excluding hydrogens is 853 g/mol. The Morgan fingerprint density at radius 1 is 0.304 bits per heavy atom. The molecule has 1 unspecified atom stereocenters. The van der Waals surface area contributed by atoms with Gasteiger partial charge >= 0.3 is 17.9 Å². The predicted molar refractivity (Wildman–Crippen MR) is 298 cm³/mol. The van der Waals surface area contributed by atoms with E-state index < -0.39 is 6.10 Å². The van der Waals surface area contributed by atoms with Crippen LogP contribution >= 0.6 is 0 Å². The van der Waals surface area contributed by atoms with Crippen molar-refractivity contribution in [2.24, 2.45) is 0 Å². The van der Waals surface area contributed by atoms with Crippen molar-refractivity contribution in [1.29, 1.82) is 0 Å². The summed E-state index contributed by atoms with van der Waals surface area (Å²) in [5.74, 6) is -0.970. The van der Waals surface area contributed by atoms with Crippen LogP contribution in [0.25, 0.3) is 0 Å². The molecule has 400 valence electrons. The number of carbonyl (C=O) groups excluding carboxylic acids is 3. The van der Waals surface area contributed by atoms with Crippen LogP contribution in [0.15, 0.2) is 60.8 Å². The molecule has 0 radical (unpaired) electrons. The molecule has 0 N–H and O–H groups in total. The van der Waals surface area contributed by atoms with Crippen molar-refractivity contribution in [2.45, 2.75) is 309 Å². The zero-order valence-corrected chi connectivity index (χ0v) is 45.8. The van der Waals surface area contributed by atoms with Crippen molar-refractivity contribution in [1.82, 2.24) is 0 Å². The predicted octanol–water partition coefficient (Wildman–Crippen LogP) is 20.0. The van der Waals surface area contributed by atoms with Gasteiger partial charge in [0.25, 0.3) is 0 Å². The number of ether oxygens (including phenoxy) is 3. The molecule has 0 aliphatic rings. The average Bonchev–Trinajstić information content (AvgIpc) is 3.35. The Labute approximate surface area is 428 Å². The second-order valence-corrected chi connectivity index (χ2v) is 19.9. The molecule has 6 heteroatoms. The first-order valence-corrected chi connectivity index (χ1v) is 29.8. The minimum atomic E-state index is -0.809. The third-order valence-electron chi connectivity index (χ3n) is 13.0. The number of unbranched alkanes of at least 4 members (excludes halogenated alkanes) is 33. The lowest BCUT2D eigenvalue weighted by Crippen LogP contribution is -2.30. The summed E-state index contributed by atoms with van der Waals surface area (Å²) in [5, 5.41) is 0. The molecule has 0 heterocycles. The fraction of sp³-hybridized carbons (Fsp3) is 0.794. The summed E-state index contributed by atoms with van der Waals surface area (Å²) in [6.07, 6.45) is 72.5. The van der Waals surface area contributed by atoms with Crippen LogP contribution < -0.4 is 0 Å². The van der Waals surface area contributed by atoms with E-state index >= 15 is 0 Å². The Morgan fingerprint density at radius 3 is 0.942 bits per heavy atom. The zero-order valence-electron chi connectivity index (χ0n) is 45.8. The van der Waals surface area contributed by atoms with Crippen LogP contribution in [-0.2, 0) is 28.6 Å². The number of hydrogen-bond acceptors (Lipinski definition) is 6. The molecule has 0 saturated heterocycles. The van der Waals surface area contributed by atoms with E-state index in [1.54, 1.807) is 0 Å². The Hall–Kier alpha value is -2.89. The van der Waals surface area contributed by atoms with Crippen LogP contribution in [0.2, 0.25) is 0 Å². The molecule has 0 amide bonds. The second kappa shape index (κ2) is 57.7. The summed E-state index contributed by atoms with van der Waals surface area (Å²) in [5.41, 5.74) is 0. The molecule has 0 aromatic carbocycles. The Morgan fingerprint density at radius 2 is 0.594 bits per heavy atom. The van der Waals surface area contributed by atoms with Crippen molar-refractivity contribution in [3.63, 3.8) is 0 Å². The summed E-state index contributed by atoms with van der Waals surface area (Å²) in [6.45, 7) is 6.49. The van der Waals surface area contributed by atoms with Crippen molar-refractivity contribution in [3.05, 3.63) is 60.8 Å². The topological polar surface area (TPSA) is 78.9 Å². The van der Waals surface area contributed by atoms with E-state index in [0.29, 0.717) is 19.3 Å². The van der Waals surface area contributed by atoms with Crippen LogP contribution in [0.5, 0.6) is 0 Å². The van der Waals surface area contributed by atoms with Crippen LogP contribution in [0.1, 0.15) is 303 Å². The van der Waals surface area contributed by atoms with Gasteiger partial charge in [-0.3, -0.25) is 14.4 Å². The highest BCUT2D eigenvalue weighted by molar-refractivity contribution is 5.71. The van der Waals surface area contributed by atoms with E-state index in [0.717, 1.165) is 64.2 Å². The average molecular weight is 966 g/mol. The van der Waals surface area contributed by atoms with E-state index in [2.05, 4.69) is 75.5 Å². The normalized spacial score (nSPS) is 12.4. The highest BCUT2D eigenvalue weighted by Gasteiger charge is 2.19. The van der Waals surface area contributed by atoms with Gasteiger partial charge in [0.2, 0.25) is 0 Å². The second-order valence-electron chi connectivity index (χ2n) is 19.9. The van der Waals surface area contributed by atoms with Gasteiger partial charge in [-0.1, -0.05) is 274 Å². The molecule has 0 saturated carbocycles. The number of esters is 3. The largest absolute Gasteiger partial charge is 0.462 e. The third kappa shape index (κ3) is 55.9. The van der Waals surface area contributed by atoms with E-state index in [9.17, 15) is 14.4 Å². The first-order chi connectivity index (χ1) is 34.0. The van der Waals surface area contributed by atoms with Crippen molar-refractivity contribution >= 4 is 17.9 Å². The van der Waals surface area contributed by atoms with Crippen LogP contribution in [0, 0.1) is 0 Å². The minimum Gasteiger partial charge on any atom is -0.462 e. The zero-order chi connectivity index (χ0) is 50.0. The number of allylic oxidation sites excluding steroid dienone is 10. The van der Waals surface area contributed by atoms with E-state index in [1.165, 1.54) is 193 Å². The molecule has 1 atom stereocenters. The molecule has 0 aromatic heterocycles. The van der Waals surface area contributed by atoms with E-state index in [4.69, 9.17) is 14.2 Å². The van der Waals surface area contributed by atoms with Crippen molar-refractivity contribution < 1.29 is 28.6 Å². The van der Waals surface area contributed by atoms with Gasteiger partial charge in [0, 0.05) is 19.3 Å². The Bertz CT molecular complexity index is 1250. The third-order valence-corrected chi connectivity index (χ3v) is 13.0. The molecule has 69 heavy (non-hydrogen) atoms. The molecule has 0 bridgehead atoms. The fourth-order valence-corrected chi connectivity index (χ4v) is 8.57. The van der Waals surface area contributed by atoms with Crippen molar-refractivity contribution in [2.75, 3.05) is 13.2 Å². The van der Waals surface area contributed by atoms with Gasteiger partial charge in [-0.25, -0.2) is 0 Å². The van der Waals surface area contributed by atoms with Gasteiger partial charge in [0.05, 0.1) is 0 Å². The molecule has 0 fully saturated rings. The molecule has 0 rings (SSSR count). The van der Waals surface area contributed by atoms with E-state index in [-0.39, 0.29) is 37.5 Å². The summed E-state index contributed by atoms with van der Waals surface area (Å²) >= 11 is 0. The molecule has 0 aromatic rings. The summed E-state index contributed by atoms with van der Waals surface area (Å²) in [4.78, 5) is 38.1. The van der Waals surface area contributed by atoms with E-state index in [1.807, 2.05) is 6.08 Å². The van der Waals surface area contributed by atoms with Gasteiger partial charge in [0.15, 0.2) is 6.10 Å². The van der Waals surface area contributed by atoms with Crippen LogP contribution in [0.4, 0.5) is 0 Å². The SMILES string of the molecule is CC/C=C\C/C=C\C/C=C\C/C=C\CCC(=O)OC(COC(=O)CCCCCCCCCCCCCCC)COC(=O)CCCCCCCCCCCCCCC/C=C\CCCCCCCCCC. The van der Waals surface area contributed by atoms with Crippen LogP contribution in [0.3, 0.4) is 0 Å². The standard InChI is InChI=1S/C63H112O6/c1-4-7-10-13-16-19-22-25-26-27-28-29-30-31-32-33-34-35-36-39-41-44-47-50-53-56-62(65)68-59-60(69-63(66)57-54-51-48-45-42-38-24-21-18-15-12-9-6-3)58-67-61(64)55-52-49-46-43-40-37-23-20-17-14-11-8-5-2/h9,12,18,21,27-28,38,42,48,51,60H,4-8,10-11,13-17,19-20,22-26,29-37,39-41,43-47,49-50,52-59H2,1-3H3/b12-9-,21-18-,28-27-,42-38-,51-48-. The number of carbonyl (C=O) groups is 3. The lowest BCUT2D eigenvalue weighted by molar-refractivity contribution is -0.166. The monoisotopic (exact) mass is 965 g/mol. The molecule has 0 aliphatic carbocycles. The molecule has 0 aliphatic heterocycles. The molecular formula is C63H112O6. The van der Waals surface area contributed by atoms with Gasteiger partial charge in [-0.05, 0) is 70.6 Å². The number of hydrogen-bond donors (Lipinski definition) is 0. The summed E-state index contributed by atoms with van der Waals surface area (Å²) in [7, 11) is 0. The lowest BCUT2D eigenvalue weighted by Gasteiger charge is -2.18. The quantitative estimate of drug-likeness (QED) is 0.0262. The highest BCUT2D eigenvalue weighted by Crippen LogP contribution is 2.16. The van der Waals surface area contributed by atoms with Crippen LogP contribution in [-0.4, -0.2) is 37.2 Å². The van der Waals surface area contributed by atoms with Crippen molar-refractivity contribution in [3.8, 4) is 0 Å². The smallest absolute Gasteiger partial charge is 0.306 e. The Balaban J connectivity index is 4.26. The summed E-state index contributed by atoms with van der Waals surface area (Å²) < 4.78 is 16.8. The highest BCUT2D eigenvalue weighted by atomic mass is 16.6. The molecule has 6 nitrogen and oxygen atoms in total. The molecule has 0 spiro atoms. The number of rotatable bonds is 54. The van der Waals surface area contributed by atoms with Gasteiger partial charge < -0.3 is 14.2 Å². The first-order valence-electron chi connectivity index (χ1n) is 29.8. The maximum Gasteiger partial charge on any atom is 0.306 e. The van der Waals surface area contributed by atoms with Gasteiger partial charge in [-0.15, -0.1) is 0 Å². The fourth-order valence-electron chi connectivity index (χ4n) is 8.57. The first kappa shape index (κ1) is 66.1. The Kier molecular flexibility index (Phi) is 55.3. The van der Waals surface area contributed by atoms with Gasteiger partial charge in [0.1, 0.15) is 13.2 Å². The lowest BCUT2D eigenvalue weighted by atomic mass is 10.0. The minimum absolute atomic E-state index is 0.0996.